The van der Waals surface area contributed by atoms with Gasteiger partial charge in [0.15, 0.2) is 5.65 Å². The SMILES string of the molecule is CCCn1c(C2CCN(C(=O)c3ccc(C)s3)C2)nc2cccnc21. The molecule has 1 amide bonds. The van der Waals surface area contributed by atoms with E-state index in [1.165, 1.54) is 4.88 Å². The number of amides is 1. The number of hydrogen-bond acceptors (Lipinski definition) is 4. The summed E-state index contributed by atoms with van der Waals surface area (Å²) in [6, 6.07) is 7.90. The maximum atomic E-state index is 12.7. The fraction of sp³-hybridized carbons (Fsp3) is 0.421. The standard InChI is InChI=1S/C19H22N4OS/c1-3-10-23-17(21-15-5-4-9-20-18(15)23)14-8-11-22(12-14)19(24)16-7-6-13(2)25-16/h4-7,9,14H,3,8,10-12H2,1-2H3. The van der Waals surface area contributed by atoms with Crippen molar-refractivity contribution < 1.29 is 4.79 Å². The van der Waals surface area contributed by atoms with Crippen LogP contribution in [0.4, 0.5) is 0 Å². The fourth-order valence-electron chi connectivity index (χ4n) is 3.59. The molecule has 1 unspecified atom stereocenters. The first-order chi connectivity index (χ1) is 12.2. The van der Waals surface area contributed by atoms with E-state index < -0.39 is 0 Å². The van der Waals surface area contributed by atoms with Crippen molar-refractivity contribution in [2.75, 3.05) is 13.1 Å². The van der Waals surface area contributed by atoms with Crippen molar-refractivity contribution in [3.05, 3.63) is 46.0 Å². The maximum absolute atomic E-state index is 12.7. The molecule has 0 aromatic carbocycles. The summed E-state index contributed by atoms with van der Waals surface area (Å²) in [6.45, 7) is 6.65. The molecule has 4 rings (SSSR count). The molecular weight excluding hydrogens is 332 g/mol. The average molecular weight is 354 g/mol. The summed E-state index contributed by atoms with van der Waals surface area (Å²) in [5.41, 5.74) is 1.91. The number of rotatable bonds is 4. The summed E-state index contributed by atoms with van der Waals surface area (Å²) in [5, 5.41) is 0. The summed E-state index contributed by atoms with van der Waals surface area (Å²) >= 11 is 1.57. The zero-order valence-corrected chi connectivity index (χ0v) is 15.4. The van der Waals surface area contributed by atoms with Crippen molar-refractivity contribution in [2.45, 2.75) is 39.2 Å². The van der Waals surface area contributed by atoms with E-state index in [4.69, 9.17) is 4.98 Å². The minimum atomic E-state index is 0.150. The second-order valence-electron chi connectivity index (χ2n) is 6.61. The van der Waals surface area contributed by atoms with Crippen molar-refractivity contribution in [3.63, 3.8) is 0 Å². The minimum absolute atomic E-state index is 0.150. The number of carbonyl (C=O) groups is 1. The van der Waals surface area contributed by atoms with Crippen LogP contribution in [0.3, 0.4) is 0 Å². The third-order valence-corrected chi connectivity index (χ3v) is 5.76. The molecule has 1 aliphatic rings. The Bertz CT molecular complexity index is 913. The molecule has 25 heavy (non-hydrogen) atoms. The van der Waals surface area contributed by atoms with Crippen LogP contribution in [-0.2, 0) is 6.54 Å². The van der Waals surface area contributed by atoms with Gasteiger partial charge in [-0.3, -0.25) is 4.79 Å². The van der Waals surface area contributed by atoms with E-state index in [-0.39, 0.29) is 11.8 Å². The Morgan fingerprint density at radius 3 is 3.00 bits per heavy atom. The van der Waals surface area contributed by atoms with Crippen LogP contribution in [0.2, 0.25) is 0 Å². The zero-order valence-electron chi connectivity index (χ0n) is 14.6. The summed E-state index contributed by atoms with van der Waals surface area (Å²) in [5.74, 6) is 1.51. The lowest BCUT2D eigenvalue weighted by Gasteiger charge is -2.16. The Hall–Kier alpha value is -2.21. The van der Waals surface area contributed by atoms with Gasteiger partial charge < -0.3 is 9.47 Å². The van der Waals surface area contributed by atoms with Crippen LogP contribution in [0.15, 0.2) is 30.5 Å². The number of likely N-dealkylation sites (tertiary alicyclic amines) is 1. The van der Waals surface area contributed by atoms with Gasteiger partial charge in [0, 0.05) is 36.6 Å². The van der Waals surface area contributed by atoms with Crippen LogP contribution in [-0.4, -0.2) is 38.4 Å². The van der Waals surface area contributed by atoms with Gasteiger partial charge in [0.1, 0.15) is 11.3 Å². The van der Waals surface area contributed by atoms with E-state index in [0.717, 1.165) is 54.3 Å². The summed E-state index contributed by atoms with van der Waals surface area (Å²) in [7, 11) is 0. The molecule has 1 saturated heterocycles. The first-order valence-electron chi connectivity index (χ1n) is 8.84. The number of aromatic nitrogens is 3. The van der Waals surface area contributed by atoms with Crippen molar-refractivity contribution in [1.29, 1.82) is 0 Å². The lowest BCUT2D eigenvalue weighted by Crippen LogP contribution is -2.28. The molecular formula is C19H22N4OS. The van der Waals surface area contributed by atoms with Crippen molar-refractivity contribution in [2.24, 2.45) is 0 Å². The molecule has 0 aliphatic carbocycles. The van der Waals surface area contributed by atoms with Crippen LogP contribution in [0.5, 0.6) is 0 Å². The van der Waals surface area contributed by atoms with E-state index in [1.54, 1.807) is 11.3 Å². The smallest absolute Gasteiger partial charge is 0.263 e. The second kappa shape index (κ2) is 6.59. The van der Waals surface area contributed by atoms with Gasteiger partial charge in [-0.15, -0.1) is 11.3 Å². The molecule has 0 saturated carbocycles. The van der Waals surface area contributed by atoms with Crippen LogP contribution < -0.4 is 0 Å². The highest BCUT2D eigenvalue weighted by atomic mass is 32.1. The predicted octanol–water partition coefficient (Wildman–Crippen LogP) is 3.84. The molecule has 0 radical (unpaired) electrons. The quantitative estimate of drug-likeness (QED) is 0.715. The van der Waals surface area contributed by atoms with E-state index >= 15 is 0 Å². The number of thiophene rings is 1. The lowest BCUT2D eigenvalue weighted by molar-refractivity contribution is 0.0795. The highest BCUT2D eigenvalue weighted by Crippen LogP contribution is 2.30. The van der Waals surface area contributed by atoms with E-state index in [1.807, 2.05) is 42.3 Å². The molecule has 130 valence electrons. The minimum Gasteiger partial charge on any atom is -0.337 e. The molecule has 1 atom stereocenters. The Morgan fingerprint density at radius 1 is 1.36 bits per heavy atom. The van der Waals surface area contributed by atoms with Gasteiger partial charge in [-0.1, -0.05) is 6.92 Å². The summed E-state index contributed by atoms with van der Waals surface area (Å²) in [6.07, 6.45) is 3.82. The highest BCUT2D eigenvalue weighted by molar-refractivity contribution is 7.13. The van der Waals surface area contributed by atoms with Gasteiger partial charge in [0.25, 0.3) is 5.91 Å². The van der Waals surface area contributed by atoms with Crippen molar-refractivity contribution in [3.8, 4) is 0 Å². The number of fused-ring (bicyclic) bond motifs is 1. The average Bonchev–Trinajstić information content (AvgIpc) is 3.33. The monoisotopic (exact) mass is 354 g/mol. The third-order valence-electron chi connectivity index (χ3n) is 4.77. The van der Waals surface area contributed by atoms with Gasteiger partial charge in [0.05, 0.1) is 4.88 Å². The Kier molecular flexibility index (Phi) is 4.29. The predicted molar refractivity (Wildman–Crippen MR) is 100 cm³/mol. The lowest BCUT2D eigenvalue weighted by atomic mass is 10.1. The number of carbonyl (C=O) groups excluding carboxylic acids is 1. The van der Waals surface area contributed by atoms with Gasteiger partial charge >= 0.3 is 0 Å². The molecule has 0 spiro atoms. The molecule has 5 nitrogen and oxygen atoms in total. The topological polar surface area (TPSA) is 51.0 Å². The van der Waals surface area contributed by atoms with Gasteiger partial charge in [-0.05, 0) is 44.0 Å². The summed E-state index contributed by atoms with van der Waals surface area (Å²) in [4.78, 5) is 26.1. The molecule has 0 N–H and O–H groups in total. The normalized spacial score (nSPS) is 17.5. The van der Waals surface area contributed by atoms with Gasteiger partial charge in [-0.25, -0.2) is 9.97 Å². The molecule has 1 aliphatic heterocycles. The molecule has 4 heterocycles. The largest absolute Gasteiger partial charge is 0.337 e. The zero-order chi connectivity index (χ0) is 17.4. The van der Waals surface area contributed by atoms with Crippen molar-refractivity contribution in [1.82, 2.24) is 19.4 Å². The van der Waals surface area contributed by atoms with Crippen molar-refractivity contribution >= 4 is 28.4 Å². The first kappa shape index (κ1) is 16.3. The second-order valence-corrected chi connectivity index (χ2v) is 7.90. The van der Waals surface area contributed by atoms with Crippen LogP contribution in [0.1, 0.15) is 46.1 Å². The number of imidazole rings is 1. The highest BCUT2D eigenvalue weighted by Gasteiger charge is 2.31. The molecule has 3 aromatic heterocycles. The Balaban J connectivity index is 1.60. The van der Waals surface area contributed by atoms with E-state index in [0.29, 0.717) is 0 Å². The van der Waals surface area contributed by atoms with Gasteiger partial charge in [-0.2, -0.15) is 0 Å². The summed E-state index contributed by atoms with van der Waals surface area (Å²) < 4.78 is 2.24. The van der Waals surface area contributed by atoms with E-state index in [9.17, 15) is 4.79 Å². The maximum Gasteiger partial charge on any atom is 0.263 e. The number of aryl methyl sites for hydroxylation is 2. The molecule has 1 fully saturated rings. The Morgan fingerprint density at radius 2 is 2.24 bits per heavy atom. The molecule has 0 bridgehead atoms. The molecule has 6 heteroatoms. The number of hydrogen-bond donors (Lipinski definition) is 0. The molecule has 3 aromatic rings. The first-order valence-corrected chi connectivity index (χ1v) is 9.66. The third kappa shape index (κ3) is 2.95. The number of nitrogens with zero attached hydrogens (tertiary/aromatic N) is 4. The van der Waals surface area contributed by atoms with Crippen LogP contribution in [0.25, 0.3) is 11.2 Å². The van der Waals surface area contributed by atoms with Gasteiger partial charge in [0.2, 0.25) is 0 Å². The van der Waals surface area contributed by atoms with E-state index in [2.05, 4.69) is 16.5 Å². The Labute approximate surface area is 151 Å². The van der Waals surface area contributed by atoms with Crippen LogP contribution >= 0.6 is 11.3 Å². The number of pyridine rings is 1. The van der Waals surface area contributed by atoms with Crippen LogP contribution in [0, 0.1) is 6.92 Å². The fourth-order valence-corrected chi connectivity index (χ4v) is 4.43.